The van der Waals surface area contributed by atoms with Gasteiger partial charge in [0.2, 0.25) is 0 Å². The summed E-state index contributed by atoms with van der Waals surface area (Å²) in [5, 5.41) is 2.80. The van der Waals surface area contributed by atoms with Crippen molar-refractivity contribution in [1.29, 1.82) is 0 Å². The number of hydrogen-bond acceptors (Lipinski definition) is 6. The molecule has 0 saturated carbocycles. The third-order valence-corrected chi connectivity index (χ3v) is 4.48. The summed E-state index contributed by atoms with van der Waals surface area (Å²) in [5.74, 6) is 0.795. The highest BCUT2D eigenvalue weighted by Gasteiger charge is 2.35. The first-order valence-corrected chi connectivity index (χ1v) is 8.72. The fraction of sp³-hybridized carbons (Fsp3) is 0.471. The van der Waals surface area contributed by atoms with Crippen molar-refractivity contribution in [3.63, 3.8) is 0 Å². The molecule has 26 heavy (non-hydrogen) atoms. The fourth-order valence-electron chi connectivity index (χ4n) is 2.75. The van der Waals surface area contributed by atoms with Crippen LogP contribution in [0.5, 0.6) is 0 Å². The number of carbonyl (C=O) groups excluding carboxylic acids is 1. The maximum Gasteiger partial charge on any atom is 0.258 e. The van der Waals surface area contributed by atoms with Gasteiger partial charge in [-0.2, -0.15) is 0 Å². The Kier molecular flexibility index (Phi) is 5.04. The van der Waals surface area contributed by atoms with Crippen molar-refractivity contribution in [2.45, 2.75) is 38.8 Å². The number of hydrogen-bond donors (Lipinski definition) is 1. The molecule has 0 radical (unpaired) electrons. The molecule has 1 fully saturated rings. The molecule has 2 aromatic rings. The van der Waals surface area contributed by atoms with Crippen LogP contribution in [0.15, 0.2) is 18.7 Å². The number of halogens is 2. The van der Waals surface area contributed by atoms with Gasteiger partial charge in [-0.3, -0.25) is 4.79 Å². The average Bonchev–Trinajstić information content (AvgIpc) is 2.96. The van der Waals surface area contributed by atoms with Crippen molar-refractivity contribution in [2.24, 2.45) is 0 Å². The SMILES string of the molecule is CC(C)c1ncc(C(=O)Nc2c(Cl)ncnc2N2CCC(C)(F)C2)cn1. The smallest absolute Gasteiger partial charge is 0.258 e. The van der Waals surface area contributed by atoms with E-state index in [0.29, 0.717) is 24.6 Å². The Bertz CT molecular complexity index is 811. The maximum absolute atomic E-state index is 14.2. The van der Waals surface area contributed by atoms with Gasteiger partial charge >= 0.3 is 0 Å². The first-order valence-electron chi connectivity index (χ1n) is 8.34. The summed E-state index contributed by atoms with van der Waals surface area (Å²) >= 11 is 6.16. The minimum atomic E-state index is -1.31. The van der Waals surface area contributed by atoms with E-state index >= 15 is 0 Å². The van der Waals surface area contributed by atoms with Crippen molar-refractivity contribution in [3.8, 4) is 0 Å². The number of nitrogens with one attached hydrogen (secondary N) is 1. The Morgan fingerprint density at radius 1 is 1.31 bits per heavy atom. The molecule has 0 spiro atoms. The second kappa shape index (κ2) is 7.11. The third-order valence-electron chi connectivity index (χ3n) is 4.19. The standard InChI is InChI=1S/C17H20ClFN6O/c1-10(2)14-20-6-11(7-21-14)16(26)24-12-13(18)22-9-23-15(12)25-5-4-17(3,19)8-25/h6-7,9-10H,4-5,8H2,1-3H3,(H,24,26). The van der Waals surface area contributed by atoms with Crippen LogP contribution in [0.2, 0.25) is 5.15 Å². The van der Waals surface area contributed by atoms with E-state index in [4.69, 9.17) is 11.6 Å². The summed E-state index contributed by atoms with van der Waals surface area (Å²) in [5.41, 5.74) is -0.763. The van der Waals surface area contributed by atoms with Gasteiger partial charge in [-0.25, -0.2) is 24.3 Å². The van der Waals surface area contributed by atoms with Gasteiger partial charge < -0.3 is 10.2 Å². The first kappa shape index (κ1) is 18.4. The summed E-state index contributed by atoms with van der Waals surface area (Å²) in [7, 11) is 0. The van der Waals surface area contributed by atoms with Gasteiger partial charge in [0.15, 0.2) is 11.0 Å². The van der Waals surface area contributed by atoms with E-state index in [1.165, 1.54) is 18.7 Å². The van der Waals surface area contributed by atoms with E-state index in [1.54, 1.807) is 11.8 Å². The van der Waals surface area contributed by atoms with Crippen molar-refractivity contribution in [1.82, 2.24) is 19.9 Å². The zero-order valence-corrected chi connectivity index (χ0v) is 15.6. The summed E-state index contributed by atoms with van der Waals surface area (Å²) in [6.07, 6.45) is 4.60. The van der Waals surface area contributed by atoms with Crippen molar-refractivity contribution in [3.05, 3.63) is 35.3 Å². The molecule has 7 nitrogen and oxygen atoms in total. The quantitative estimate of drug-likeness (QED) is 0.822. The van der Waals surface area contributed by atoms with Crippen LogP contribution in [-0.4, -0.2) is 44.6 Å². The summed E-state index contributed by atoms with van der Waals surface area (Å²) < 4.78 is 14.2. The van der Waals surface area contributed by atoms with E-state index < -0.39 is 11.6 Å². The van der Waals surface area contributed by atoms with Gasteiger partial charge in [0.25, 0.3) is 5.91 Å². The Hall–Kier alpha value is -2.35. The molecule has 1 aliphatic rings. The van der Waals surface area contributed by atoms with E-state index in [2.05, 4.69) is 25.3 Å². The summed E-state index contributed by atoms with van der Waals surface area (Å²) in [6, 6.07) is 0. The average molecular weight is 379 g/mol. The molecule has 1 saturated heterocycles. The number of rotatable bonds is 4. The molecule has 0 aliphatic carbocycles. The lowest BCUT2D eigenvalue weighted by atomic mass is 10.1. The highest BCUT2D eigenvalue weighted by atomic mass is 35.5. The normalized spacial score (nSPS) is 19.8. The number of amides is 1. The van der Waals surface area contributed by atoms with E-state index in [1.807, 2.05) is 13.8 Å². The minimum Gasteiger partial charge on any atom is -0.351 e. The van der Waals surface area contributed by atoms with Gasteiger partial charge in [0.1, 0.15) is 23.5 Å². The van der Waals surface area contributed by atoms with Crippen LogP contribution in [-0.2, 0) is 0 Å². The molecular formula is C17H20ClFN6O. The molecule has 1 N–H and O–H groups in total. The predicted octanol–water partition coefficient (Wildman–Crippen LogP) is 3.23. The molecule has 1 amide bonds. The first-order chi connectivity index (χ1) is 12.3. The summed E-state index contributed by atoms with van der Waals surface area (Å²) in [4.78, 5) is 30.8. The van der Waals surface area contributed by atoms with Crippen molar-refractivity contribution < 1.29 is 9.18 Å². The lowest BCUT2D eigenvalue weighted by Gasteiger charge is -2.21. The number of aromatic nitrogens is 4. The lowest BCUT2D eigenvalue weighted by molar-refractivity contribution is 0.102. The van der Waals surface area contributed by atoms with Gasteiger partial charge in [-0.1, -0.05) is 25.4 Å². The molecule has 0 aromatic carbocycles. The number of anilines is 2. The third kappa shape index (κ3) is 3.90. The molecule has 1 atom stereocenters. The monoisotopic (exact) mass is 378 g/mol. The van der Waals surface area contributed by atoms with Crippen LogP contribution in [0.25, 0.3) is 0 Å². The zero-order chi connectivity index (χ0) is 18.9. The van der Waals surface area contributed by atoms with E-state index in [-0.39, 0.29) is 28.9 Å². The molecule has 0 bridgehead atoms. The minimum absolute atomic E-state index is 0.0931. The van der Waals surface area contributed by atoms with E-state index in [9.17, 15) is 9.18 Å². The number of alkyl halides is 1. The molecule has 3 rings (SSSR count). The molecule has 1 aliphatic heterocycles. The molecule has 138 valence electrons. The number of carbonyl (C=O) groups is 1. The molecule has 9 heteroatoms. The van der Waals surface area contributed by atoms with Gasteiger partial charge in [-0.05, 0) is 6.92 Å². The Morgan fingerprint density at radius 3 is 2.58 bits per heavy atom. The Balaban J connectivity index is 1.84. The van der Waals surface area contributed by atoms with Crippen LogP contribution in [0, 0.1) is 0 Å². The van der Waals surface area contributed by atoms with Gasteiger partial charge in [0.05, 0.1) is 12.1 Å². The highest BCUT2D eigenvalue weighted by molar-refractivity contribution is 6.33. The van der Waals surface area contributed by atoms with Gasteiger partial charge in [0, 0.05) is 31.3 Å². The highest BCUT2D eigenvalue weighted by Crippen LogP contribution is 2.35. The van der Waals surface area contributed by atoms with Crippen molar-refractivity contribution >= 4 is 29.0 Å². The Labute approximate surface area is 156 Å². The lowest BCUT2D eigenvalue weighted by Crippen LogP contribution is -2.28. The fourth-order valence-corrected chi connectivity index (χ4v) is 2.92. The van der Waals surface area contributed by atoms with Crippen LogP contribution < -0.4 is 10.2 Å². The van der Waals surface area contributed by atoms with Crippen LogP contribution >= 0.6 is 11.6 Å². The topological polar surface area (TPSA) is 83.9 Å². The van der Waals surface area contributed by atoms with Crippen LogP contribution in [0.1, 0.15) is 49.3 Å². The van der Waals surface area contributed by atoms with Crippen LogP contribution in [0.4, 0.5) is 15.9 Å². The molecular weight excluding hydrogens is 359 g/mol. The molecule has 3 heterocycles. The van der Waals surface area contributed by atoms with Crippen LogP contribution in [0.3, 0.4) is 0 Å². The van der Waals surface area contributed by atoms with E-state index in [0.717, 1.165) is 0 Å². The zero-order valence-electron chi connectivity index (χ0n) is 14.8. The Morgan fingerprint density at radius 2 is 2.00 bits per heavy atom. The largest absolute Gasteiger partial charge is 0.351 e. The molecule has 1 unspecified atom stereocenters. The van der Waals surface area contributed by atoms with Crippen molar-refractivity contribution in [2.75, 3.05) is 23.3 Å². The molecule has 2 aromatic heterocycles. The summed E-state index contributed by atoms with van der Waals surface area (Å²) in [6.45, 7) is 6.14. The van der Waals surface area contributed by atoms with Gasteiger partial charge in [-0.15, -0.1) is 0 Å². The maximum atomic E-state index is 14.2. The number of nitrogens with zero attached hydrogens (tertiary/aromatic N) is 5. The second-order valence-corrected chi connectivity index (χ2v) is 7.24. The predicted molar refractivity (Wildman–Crippen MR) is 97.5 cm³/mol. The second-order valence-electron chi connectivity index (χ2n) is 6.89.